The molecule has 0 saturated heterocycles. The third-order valence-electron chi connectivity index (χ3n) is 2.24. The molecule has 1 aromatic heterocycles. The number of aromatic nitrogens is 1. The summed E-state index contributed by atoms with van der Waals surface area (Å²) in [5.41, 5.74) is 0.951. The minimum absolute atomic E-state index is 0.0668. The summed E-state index contributed by atoms with van der Waals surface area (Å²) in [5.74, 6) is 0.139. The summed E-state index contributed by atoms with van der Waals surface area (Å²) in [6.45, 7) is 0. The van der Waals surface area contributed by atoms with Crippen molar-refractivity contribution in [2.75, 3.05) is 0 Å². The number of rotatable bonds is 3. The second kappa shape index (κ2) is 5.85. The maximum atomic E-state index is 13.1. The van der Waals surface area contributed by atoms with E-state index in [1.165, 1.54) is 17.8 Å². The molecule has 2 nitrogen and oxygen atoms in total. The molecule has 0 bridgehead atoms. The number of hydrogen-bond acceptors (Lipinski definition) is 3. The van der Waals surface area contributed by atoms with E-state index in [2.05, 4.69) is 4.98 Å². The van der Waals surface area contributed by atoms with E-state index in [0.29, 0.717) is 10.8 Å². The Balaban J connectivity index is 2.06. The lowest BCUT2D eigenvalue weighted by atomic mass is 10.1. The van der Waals surface area contributed by atoms with Crippen molar-refractivity contribution in [3.8, 4) is 6.07 Å². The summed E-state index contributed by atoms with van der Waals surface area (Å²) in [6.07, 6.45) is 1.58. The van der Waals surface area contributed by atoms with Crippen molar-refractivity contribution in [2.24, 2.45) is 0 Å². The number of hydrogen-bond donors (Lipinski definition) is 0. The van der Waals surface area contributed by atoms with Gasteiger partial charge >= 0.3 is 0 Å². The number of thioether (sulfide) groups is 1. The van der Waals surface area contributed by atoms with Gasteiger partial charge in [-0.2, -0.15) is 5.26 Å². The summed E-state index contributed by atoms with van der Waals surface area (Å²) in [7, 11) is 0. The Hall–Kier alpha value is -1.57. The minimum Gasteiger partial charge on any atom is -0.248 e. The van der Waals surface area contributed by atoms with Crippen LogP contribution >= 0.6 is 23.4 Å². The van der Waals surface area contributed by atoms with Crippen LogP contribution in [0.25, 0.3) is 0 Å². The molecule has 0 spiro atoms. The van der Waals surface area contributed by atoms with Gasteiger partial charge in [-0.15, -0.1) is 11.8 Å². The van der Waals surface area contributed by atoms with Crippen molar-refractivity contribution in [1.82, 2.24) is 4.98 Å². The zero-order valence-electron chi connectivity index (χ0n) is 9.23. The van der Waals surface area contributed by atoms with Crippen LogP contribution in [0.5, 0.6) is 0 Å². The Morgan fingerprint density at radius 1 is 1.33 bits per heavy atom. The molecule has 0 unspecified atom stereocenters. The van der Waals surface area contributed by atoms with Gasteiger partial charge in [-0.25, -0.2) is 9.37 Å². The van der Waals surface area contributed by atoms with Crippen molar-refractivity contribution in [3.63, 3.8) is 0 Å². The van der Waals surface area contributed by atoms with Crippen molar-refractivity contribution >= 4 is 23.4 Å². The quantitative estimate of drug-likeness (QED) is 0.795. The molecule has 0 aliphatic heterocycles. The van der Waals surface area contributed by atoms with Crippen molar-refractivity contribution < 1.29 is 4.39 Å². The monoisotopic (exact) mass is 278 g/mol. The fourth-order valence-electron chi connectivity index (χ4n) is 1.35. The van der Waals surface area contributed by atoms with Gasteiger partial charge < -0.3 is 0 Å². The Bertz CT molecular complexity index is 593. The van der Waals surface area contributed by atoms with Gasteiger partial charge in [-0.1, -0.05) is 17.7 Å². The lowest BCUT2D eigenvalue weighted by Crippen LogP contribution is -1.88. The predicted octanol–water partition coefficient (Wildman–Crippen LogP) is 4.04. The normalized spacial score (nSPS) is 10.1. The molecule has 90 valence electrons. The highest BCUT2D eigenvalue weighted by atomic mass is 35.5. The van der Waals surface area contributed by atoms with E-state index in [-0.39, 0.29) is 5.56 Å². The third kappa shape index (κ3) is 3.22. The van der Waals surface area contributed by atoms with E-state index >= 15 is 0 Å². The molecule has 0 aliphatic carbocycles. The first kappa shape index (κ1) is 12.9. The molecule has 0 aliphatic rings. The van der Waals surface area contributed by atoms with Crippen LogP contribution in [-0.4, -0.2) is 4.98 Å². The summed E-state index contributed by atoms with van der Waals surface area (Å²) in [5, 5.41) is 10.2. The fourth-order valence-corrected chi connectivity index (χ4v) is 2.25. The maximum absolute atomic E-state index is 13.1. The van der Waals surface area contributed by atoms with Gasteiger partial charge in [0.2, 0.25) is 0 Å². The van der Waals surface area contributed by atoms with E-state index in [1.807, 2.05) is 12.1 Å². The highest BCUT2D eigenvalue weighted by Crippen LogP contribution is 2.22. The molecule has 18 heavy (non-hydrogen) atoms. The molecule has 0 amide bonds. The Morgan fingerprint density at radius 3 is 2.83 bits per heavy atom. The van der Waals surface area contributed by atoms with Gasteiger partial charge in [0.05, 0.1) is 15.6 Å². The highest BCUT2D eigenvalue weighted by Gasteiger charge is 2.03. The summed E-state index contributed by atoms with van der Waals surface area (Å²) in [4.78, 5) is 4.15. The molecule has 1 heterocycles. The fraction of sp³-hybridized carbons (Fsp3) is 0.0769. The second-order valence-electron chi connectivity index (χ2n) is 3.53. The SMILES string of the molecule is N#Cc1cc(CSc2ccc(Cl)cn2)ccc1F. The largest absolute Gasteiger partial charge is 0.248 e. The molecule has 0 N–H and O–H groups in total. The standard InChI is InChI=1S/C13H8ClFN2S/c14-11-2-4-13(17-7-11)18-8-9-1-3-12(15)10(5-9)6-16/h1-5,7H,8H2. The van der Waals surface area contributed by atoms with Crippen LogP contribution in [0.15, 0.2) is 41.6 Å². The van der Waals surface area contributed by atoms with Crippen molar-refractivity contribution in [2.45, 2.75) is 10.8 Å². The molecule has 0 radical (unpaired) electrons. The molecule has 5 heteroatoms. The van der Waals surface area contributed by atoms with E-state index in [0.717, 1.165) is 10.6 Å². The topological polar surface area (TPSA) is 36.7 Å². The Morgan fingerprint density at radius 2 is 2.17 bits per heavy atom. The summed E-state index contributed by atoms with van der Waals surface area (Å²) in [6, 6.07) is 9.94. The van der Waals surface area contributed by atoms with Crippen LogP contribution in [0.2, 0.25) is 5.02 Å². The van der Waals surface area contributed by atoms with E-state index in [1.54, 1.807) is 24.4 Å². The number of nitriles is 1. The zero-order valence-corrected chi connectivity index (χ0v) is 10.8. The number of benzene rings is 1. The molecule has 0 fully saturated rings. The lowest BCUT2D eigenvalue weighted by Gasteiger charge is -2.02. The highest BCUT2D eigenvalue weighted by molar-refractivity contribution is 7.98. The molecule has 1 aromatic carbocycles. The number of nitrogens with zero attached hydrogens (tertiary/aromatic N) is 2. The van der Waals surface area contributed by atoms with Gasteiger partial charge in [0.1, 0.15) is 11.9 Å². The summed E-state index contributed by atoms with van der Waals surface area (Å²) < 4.78 is 13.1. The molecular weight excluding hydrogens is 271 g/mol. The zero-order chi connectivity index (χ0) is 13.0. The molecular formula is C13H8ClFN2S. The lowest BCUT2D eigenvalue weighted by molar-refractivity contribution is 0.623. The average molecular weight is 279 g/mol. The van der Waals surface area contributed by atoms with Gasteiger partial charge in [0.15, 0.2) is 0 Å². The van der Waals surface area contributed by atoms with Crippen LogP contribution in [0.1, 0.15) is 11.1 Å². The molecule has 0 saturated carbocycles. The minimum atomic E-state index is -0.490. The summed E-state index contributed by atoms with van der Waals surface area (Å²) >= 11 is 7.24. The Labute approximate surface area is 113 Å². The molecule has 0 atom stereocenters. The van der Waals surface area contributed by atoms with Crippen LogP contribution in [-0.2, 0) is 5.75 Å². The second-order valence-corrected chi connectivity index (χ2v) is 4.96. The molecule has 2 rings (SSSR count). The smallest absolute Gasteiger partial charge is 0.140 e. The van der Waals surface area contributed by atoms with E-state index in [4.69, 9.17) is 16.9 Å². The van der Waals surface area contributed by atoms with Gasteiger partial charge in [-0.3, -0.25) is 0 Å². The first-order valence-electron chi connectivity index (χ1n) is 5.12. The first-order chi connectivity index (χ1) is 8.69. The molecule has 2 aromatic rings. The van der Waals surface area contributed by atoms with Gasteiger partial charge in [0.25, 0.3) is 0 Å². The van der Waals surface area contributed by atoms with Gasteiger partial charge in [0, 0.05) is 11.9 Å². The van der Waals surface area contributed by atoms with E-state index in [9.17, 15) is 4.39 Å². The van der Waals surface area contributed by atoms with Gasteiger partial charge in [-0.05, 0) is 29.8 Å². The van der Waals surface area contributed by atoms with Crippen molar-refractivity contribution in [1.29, 1.82) is 5.26 Å². The van der Waals surface area contributed by atoms with Crippen LogP contribution in [0.3, 0.4) is 0 Å². The number of pyridine rings is 1. The van der Waals surface area contributed by atoms with Crippen LogP contribution in [0, 0.1) is 17.1 Å². The van der Waals surface area contributed by atoms with Crippen LogP contribution < -0.4 is 0 Å². The average Bonchev–Trinajstić information content (AvgIpc) is 2.39. The van der Waals surface area contributed by atoms with E-state index < -0.39 is 5.82 Å². The predicted molar refractivity (Wildman–Crippen MR) is 69.9 cm³/mol. The first-order valence-corrected chi connectivity index (χ1v) is 6.48. The van der Waals surface area contributed by atoms with Crippen LogP contribution in [0.4, 0.5) is 4.39 Å². The van der Waals surface area contributed by atoms with Crippen molar-refractivity contribution in [3.05, 3.63) is 58.5 Å². The Kier molecular flexibility index (Phi) is 4.19. The third-order valence-corrected chi connectivity index (χ3v) is 3.48. The maximum Gasteiger partial charge on any atom is 0.140 e. The number of halogens is 2.